The SMILES string of the molecule is C#Cc1cccc(NC(=O)C[C@@H](C)S(=O)(=O)c2ccc(Cl)cc2)c1. The second-order valence-electron chi connectivity index (χ2n) is 5.29. The Kier molecular flexibility index (Phi) is 5.66. The van der Waals surface area contributed by atoms with E-state index in [1.165, 1.54) is 31.2 Å². The fourth-order valence-electron chi connectivity index (χ4n) is 2.13. The largest absolute Gasteiger partial charge is 0.326 e. The van der Waals surface area contributed by atoms with Gasteiger partial charge in [0.1, 0.15) is 0 Å². The average molecular weight is 362 g/mol. The van der Waals surface area contributed by atoms with Gasteiger partial charge in [-0.25, -0.2) is 8.42 Å². The van der Waals surface area contributed by atoms with Crippen molar-refractivity contribution in [3.05, 3.63) is 59.1 Å². The van der Waals surface area contributed by atoms with E-state index in [0.717, 1.165) is 0 Å². The van der Waals surface area contributed by atoms with Crippen molar-refractivity contribution in [1.82, 2.24) is 0 Å². The van der Waals surface area contributed by atoms with Crippen molar-refractivity contribution in [3.63, 3.8) is 0 Å². The van der Waals surface area contributed by atoms with E-state index in [1.54, 1.807) is 24.3 Å². The number of hydrogen-bond acceptors (Lipinski definition) is 3. The zero-order valence-corrected chi connectivity index (χ0v) is 14.6. The van der Waals surface area contributed by atoms with Gasteiger partial charge in [-0.05, 0) is 49.4 Å². The second-order valence-corrected chi connectivity index (χ2v) is 8.09. The molecule has 4 nitrogen and oxygen atoms in total. The summed E-state index contributed by atoms with van der Waals surface area (Å²) in [6.45, 7) is 1.50. The van der Waals surface area contributed by atoms with E-state index < -0.39 is 21.0 Å². The number of terminal acetylenes is 1. The number of carbonyl (C=O) groups is 1. The Morgan fingerprint density at radius 2 is 1.92 bits per heavy atom. The molecular formula is C18H16ClNO3S. The first-order valence-electron chi connectivity index (χ1n) is 7.19. The molecule has 0 heterocycles. The topological polar surface area (TPSA) is 63.2 Å². The third kappa shape index (κ3) is 4.38. The molecule has 2 aromatic carbocycles. The molecule has 0 radical (unpaired) electrons. The number of carbonyl (C=O) groups excluding carboxylic acids is 1. The number of anilines is 1. The molecule has 0 aliphatic rings. The van der Waals surface area contributed by atoms with Crippen LogP contribution >= 0.6 is 11.6 Å². The lowest BCUT2D eigenvalue weighted by atomic mass is 10.2. The molecule has 24 heavy (non-hydrogen) atoms. The zero-order valence-electron chi connectivity index (χ0n) is 13.0. The van der Waals surface area contributed by atoms with Gasteiger partial charge >= 0.3 is 0 Å². The van der Waals surface area contributed by atoms with Gasteiger partial charge in [0.05, 0.1) is 10.1 Å². The van der Waals surface area contributed by atoms with E-state index >= 15 is 0 Å². The van der Waals surface area contributed by atoms with Crippen LogP contribution in [-0.2, 0) is 14.6 Å². The molecule has 0 aromatic heterocycles. The summed E-state index contributed by atoms with van der Waals surface area (Å²) < 4.78 is 25.0. The lowest BCUT2D eigenvalue weighted by Crippen LogP contribution is -2.25. The third-order valence-electron chi connectivity index (χ3n) is 3.46. The molecule has 0 aliphatic carbocycles. The Hall–Kier alpha value is -2.29. The summed E-state index contributed by atoms with van der Waals surface area (Å²) in [5.74, 6) is 2.08. The van der Waals surface area contributed by atoms with Gasteiger partial charge in [0.25, 0.3) is 0 Å². The van der Waals surface area contributed by atoms with Crippen LogP contribution < -0.4 is 5.32 Å². The zero-order chi connectivity index (χ0) is 17.7. The van der Waals surface area contributed by atoms with E-state index in [9.17, 15) is 13.2 Å². The standard InChI is InChI=1S/C18H16ClNO3S/c1-3-14-5-4-6-16(12-14)20-18(21)11-13(2)24(22,23)17-9-7-15(19)8-10-17/h1,4-10,12-13H,11H2,2H3,(H,20,21)/t13-/m1/s1. The number of nitrogens with one attached hydrogen (secondary N) is 1. The first-order valence-corrected chi connectivity index (χ1v) is 9.11. The molecule has 6 heteroatoms. The van der Waals surface area contributed by atoms with E-state index in [-0.39, 0.29) is 11.3 Å². The van der Waals surface area contributed by atoms with Crippen molar-refractivity contribution in [3.8, 4) is 12.3 Å². The van der Waals surface area contributed by atoms with Crippen molar-refractivity contribution < 1.29 is 13.2 Å². The van der Waals surface area contributed by atoms with E-state index in [0.29, 0.717) is 16.3 Å². The van der Waals surface area contributed by atoms with Crippen molar-refractivity contribution in [2.45, 2.75) is 23.5 Å². The van der Waals surface area contributed by atoms with Crippen molar-refractivity contribution in [2.24, 2.45) is 0 Å². The summed E-state index contributed by atoms with van der Waals surface area (Å²) in [5, 5.41) is 2.25. The number of benzene rings is 2. The Labute approximate surface area is 146 Å². The fourth-order valence-corrected chi connectivity index (χ4v) is 3.60. The van der Waals surface area contributed by atoms with Crippen LogP contribution in [0.2, 0.25) is 5.02 Å². The normalized spacial score (nSPS) is 12.2. The highest BCUT2D eigenvalue weighted by molar-refractivity contribution is 7.92. The first-order chi connectivity index (χ1) is 11.3. The highest BCUT2D eigenvalue weighted by atomic mass is 35.5. The molecule has 1 atom stereocenters. The summed E-state index contributed by atoms with van der Waals surface area (Å²) in [5.41, 5.74) is 1.17. The van der Waals surface area contributed by atoms with E-state index in [4.69, 9.17) is 18.0 Å². The molecule has 1 amide bonds. The summed E-state index contributed by atoms with van der Waals surface area (Å²) in [6, 6.07) is 12.7. The van der Waals surface area contributed by atoms with Gasteiger partial charge < -0.3 is 5.32 Å². The predicted octanol–water partition coefficient (Wildman–Crippen LogP) is 3.51. The van der Waals surface area contributed by atoms with Crippen LogP contribution in [0.15, 0.2) is 53.4 Å². The van der Waals surface area contributed by atoms with Gasteiger partial charge in [-0.15, -0.1) is 6.42 Å². The van der Waals surface area contributed by atoms with Crippen molar-refractivity contribution in [1.29, 1.82) is 0 Å². The maximum absolute atomic E-state index is 12.5. The van der Waals surface area contributed by atoms with Crippen LogP contribution in [0.1, 0.15) is 18.9 Å². The summed E-state index contributed by atoms with van der Waals surface area (Å²) in [4.78, 5) is 12.2. The minimum atomic E-state index is -3.61. The van der Waals surface area contributed by atoms with Gasteiger partial charge in [0.15, 0.2) is 9.84 Å². The third-order valence-corrected chi connectivity index (χ3v) is 5.87. The Morgan fingerprint density at radius 1 is 1.25 bits per heavy atom. The van der Waals surface area contributed by atoms with Gasteiger partial charge in [0.2, 0.25) is 5.91 Å². The molecule has 0 aliphatic heterocycles. The number of rotatable bonds is 5. The molecule has 0 fully saturated rings. The Morgan fingerprint density at radius 3 is 2.54 bits per heavy atom. The molecule has 0 bridgehead atoms. The maximum Gasteiger partial charge on any atom is 0.225 e. The van der Waals surface area contributed by atoms with Gasteiger partial charge in [0, 0.05) is 22.7 Å². The van der Waals surface area contributed by atoms with E-state index in [2.05, 4.69) is 11.2 Å². The van der Waals surface area contributed by atoms with Crippen molar-refractivity contribution in [2.75, 3.05) is 5.32 Å². The Balaban J connectivity index is 2.07. The van der Waals surface area contributed by atoms with Crippen LogP contribution in [0.25, 0.3) is 0 Å². The molecule has 2 aromatic rings. The highest BCUT2D eigenvalue weighted by Gasteiger charge is 2.25. The molecule has 124 valence electrons. The van der Waals surface area contributed by atoms with Gasteiger partial charge in [-0.3, -0.25) is 4.79 Å². The van der Waals surface area contributed by atoms with Crippen LogP contribution in [0.3, 0.4) is 0 Å². The smallest absolute Gasteiger partial charge is 0.225 e. The average Bonchev–Trinajstić information content (AvgIpc) is 2.55. The van der Waals surface area contributed by atoms with E-state index in [1.807, 2.05) is 0 Å². The van der Waals surface area contributed by atoms with Crippen LogP contribution in [-0.4, -0.2) is 19.6 Å². The molecule has 0 unspecified atom stereocenters. The summed E-state index contributed by atoms with van der Waals surface area (Å²) >= 11 is 5.77. The summed E-state index contributed by atoms with van der Waals surface area (Å²) in [7, 11) is -3.61. The molecule has 0 saturated carbocycles. The van der Waals surface area contributed by atoms with Crippen LogP contribution in [0.5, 0.6) is 0 Å². The molecular weight excluding hydrogens is 346 g/mol. The van der Waals surface area contributed by atoms with Gasteiger partial charge in [-0.2, -0.15) is 0 Å². The molecule has 2 rings (SSSR count). The quantitative estimate of drug-likeness (QED) is 0.829. The Bertz CT molecular complexity index is 883. The molecule has 0 spiro atoms. The van der Waals surface area contributed by atoms with Crippen molar-refractivity contribution >= 4 is 33.0 Å². The van der Waals surface area contributed by atoms with Gasteiger partial charge in [-0.1, -0.05) is 23.6 Å². The number of halogens is 1. The second kappa shape index (κ2) is 7.52. The van der Waals surface area contributed by atoms with Crippen LogP contribution in [0, 0.1) is 12.3 Å². The monoisotopic (exact) mass is 361 g/mol. The predicted molar refractivity (Wildman–Crippen MR) is 95.7 cm³/mol. The fraction of sp³-hybridized carbons (Fsp3) is 0.167. The lowest BCUT2D eigenvalue weighted by Gasteiger charge is -2.13. The first kappa shape index (κ1) is 18.1. The number of hydrogen-bond donors (Lipinski definition) is 1. The maximum atomic E-state index is 12.5. The number of amides is 1. The minimum absolute atomic E-state index is 0.140. The molecule has 1 N–H and O–H groups in total. The summed E-state index contributed by atoms with van der Waals surface area (Å²) in [6.07, 6.45) is 5.15. The minimum Gasteiger partial charge on any atom is -0.326 e. The highest BCUT2D eigenvalue weighted by Crippen LogP contribution is 2.21. The molecule has 0 saturated heterocycles. The van der Waals surface area contributed by atoms with Crippen LogP contribution in [0.4, 0.5) is 5.69 Å². The number of sulfone groups is 1. The lowest BCUT2D eigenvalue weighted by molar-refractivity contribution is -0.116.